The number of nitrogens with zero attached hydrogens (tertiary/aromatic N) is 3. The largest absolute Gasteiger partial charge is 0.450 e. The molecule has 1 fully saturated rings. The highest BCUT2D eigenvalue weighted by Gasteiger charge is 2.24. The van der Waals surface area contributed by atoms with E-state index in [-0.39, 0.29) is 11.7 Å². The number of benzene rings is 2. The standard InChI is InChI=1S/C21H17BrN4O3/c22-13-4-3-5-14(12-13)23-21(27)19-24-17-15-6-1-2-7-16(15)29-18(17)20(25-19)26-8-10-28-11-9-26/h1-7,12H,8-11H2,(H,23,27). The highest BCUT2D eigenvalue weighted by Crippen LogP contribution is 2.33. The van der Waals surface area contributed by atoms with Crippen molar-refractivity contribution in [3.63, 3.8) is 0 Å². The number of amides is 1. The minimum Gasteiger partial charge on any atom is -0.450 e. The number of furan rings is 1. The molecule has 29 heavy (non-hydrogen) atoms. The van der Waals surface area contributed by atoms with Gasteiger partial charge in [-0.3, -0.25) is 4.79 Å². The number of fused-ring (bicyclic) bond motifs is 3. The molecule has 1 amide bonds. The monoisotopic (exact) mass is 452 g/mol. The van der Waals surface area contributed by atoms with Gasteiger partial charge in [-0.1, -0.05) is 34.1 Å². The van der Waals surface area contributed by atoms with Gasteiger partial charge in [0.25, 0.3) is 5.91 Å². The molecular weight excluding hydrogens is 436 g/mol. The molecule has 3 heterocycles. The van der Waals surface area contributed by atoms with Crippen molar-refractivity contribution in [2.75, 3.05) is 36.5 Å². The smallest absolute Gasteiger partial charge is 0.293 e. The number of morpholine rings is 1. The first-order valence-corrected chi connectivity index (χ1v) is 10.1. The van der Waals surface area contributed by atoms with E-state index < -0.39 is 0 Å². The predicted octanol–water partition coefficient (Wildman–Crippen LogP) is 4.23. The van der Waals surface area contributed by atoms with Crippen LogP contribution in [0.25, 0.3) is 22.1 Å². The summed E-state index contributed by atoms with van der Waals surface area (Å²) in [7, 11) is 0. The minimum absolute atomic E-state index is 0.102. The summed E-state index contributed by atoms with van der Waals surface area (Å²) in [6, 6.07) is 15.1. The minimum atomic E-state index is -0.371. The van der Waals surface area contributed by atoms with Crippen molar-refractivity contribution in [3.05, 3.63) is 58.8 Å². The summed E-state index contributed by atoms with van der Waals surface area (Å²) < 4.78 is 12.4. The lowest BCUT2D eigenvalue weighted by molar-refractivity contribution is 0.101. The first kappa shape index (κ1) is 18.1. The van der Waals surface area contributed by atoms with Crippen LogP contribution in [0.3, 0.4) is 0 Å². The number of para-hydroxylation sites is 1. The van der Waals surface area contributed by atoms with Crippen LogP contribution < -0.4 is 10.2 Å². The lowest BCUT2D eigenvalue weighted by Gasteiger charge is -2.27. The summed E-state index contributed by atoms with van der Waals surface area (Å²) in [5.41, 5.74) is 2.61. The summed E-state index contributed by atoms with van der Waals surface area (Å²) in [4.78, 5) is 24.1. The number of aromatic nitrogens is 2. The first-order chi connectivity index (χ1) is 14.2. The second-order valence-electron chi connectivity index (χ2n) is 6.71. The average Bonchev–Trinajstić information content (AvgIpc) is 3.12. The lowest BCUT2D eigenvalue weighted by atomic mass is 10.2. The van der Waals surface area contributed by atoms with E-state index >= 15 is 0 Å². The van der Waals surface area contributed by atoms with Crippen molar-refractivity contribution >= 4 is 55.4 Å². The Balaban J connectivity index is 1.63. The van der Waals surface area contributed by atoms with Crippen LogP contribution in [-0.2, 0) is 4.74 Å². The second kappa shape index (κ2) is 7.46. The zero-order valence-electron chi connectivity index (χ0n) is 15.4. The number of hydrogen-bond acceptors (Lipinski definition) is 6. The van der Waals surface area contributed by atoms with E-state index in [1.54, 1.807) is 0 Å². The van der Waals surface area contributed by atoms with E-state index in [4.69, 9.17) is 9.15 Å². The van der Waals surface area contributed by atoms with Crippen LogP contribution in [0.4, 0.5) is 11.5 Å². The van der Waals surface area contributed by atoms with Crippen molar-refractivity contribution in [1.82, 2.24) is 9.97 Å². The molecule has 1 aliphatic heterocycles. The van der Waals surface area contributed by atoms with Crippen LogP contribution in [-0.4, -0.2) is 42.2 Å². The molecule has 0 aliphatic carbocycles. The zero-order valence-corrected chi connectivity index (χ0v) is 17.0. The molecule has 0 atom stereocenters. The molecule has 146 valence electrons. The van der Waals surface area contributed by atoms with Crippen molar-refractivity contribution < 1.29 is 13.9 Å². The Labute approximate surface area is 174 Å². The van der Waals surface area contributed by atoms with Crippen molar-refractivity contribution in [3.8, 4) is 0 Å². The lowest BCUT2D eigenvalue weighted by Crippen LogP contribution is -2.37. The van der Waals surface area contributed by atoms with Gasteiger partial charge in [0.1, 0.15) is 11.1 Å². The number of anilines is 2. The molecule has 1 aliphatic rings. The highest BCUT2D eigenvalue weighted by molar-refractivity contribution is 9.10. The van der Waals surface area contributed by atoms with Crippen LogP contribution in [0.5, 0.6) is 0 Å². The number of carbonyl (C=O) groups excluding carboxylic acids is 1. The Kier molecular flexibility index (Phi) is 4.65. The van der Waals surface area contributed by atoms with Crippen LogP contribution in [0.1, 0.15) is 10.6 Å². The van der Waals surface area contributed by atoms with Crippen molar-refractivity contribution in [1.29, 1.82) is 0 Å². The van der Waals surface area contributed by atoms with Crippen LogP contribution in [0.2, 0.25) is 0 Å². The highest BCUT2D eigenvalue weighted by atomic mass is 79.9. The van der Waals surface area contributed by atoms with Gasteiger partial charge >= 0.3 is 0 Å². The van der Waals surface area contributed by atoms with Gasteiger partial charge in [0, 0.05) is 28.6 Å². The first-order valence-electron chi connectivity index (χ1n) is 9.28. The topological polar surface area (TPSA) is 80.5 Å². The van der Waals surface area contributed by atoms with Gasteiger partial charge in [0.05, 0.1) is 13.2 Å². The number of nitrogens with one attached hydrogen (secondary N) is 1. The maximum atomic E-state index is 12.9. The summed E-state index contributed by atoms with van der Waals surface area (Å²) in [6.45, 7) is 2.56. The number of carbonyl (C=O) groups is 1. The predicted molar refractivity (Wildman–Crippen MR) is 114 cm³/mol. The van der Waals surface area contributed by atoms with E-state index in [0.29, 0.717) is 48.9 Å². The van der Waals surface area contributed by atoms with Crippen molar-refractivity contribution in [2.45, 2.75) is 0 Å². The Morgan fingerprint density at radius 2 is 1.90 bits per heavy atom. The van der Waals surface area contributed by atoms with E-state index in [2.05, 4.69) is 36.1 Å². The number of rotatable bonds is 3. The molecule has 0 saturated carbocycles. The third kappa shape index (κ3) is 3.45. The molecule has 0 radical (unpaired) electrons. The fourth-order valence-corrected chi connectivity index (χ4v) is 3.82. The van der Waals surface area contributed by atoms with Gasteiger partial charge < -0.3 is 19.4 Å². The van der Waals surface area contributed by atoms with E-state index in [1.807, 2.05) is 48.5 Å². The number of halogens is 1. The quantitative estimate of drug-likeness (QED) is 0.500. The molecule has 2 aromatic carbocycles. The number of ether oxygens (including phenoxy) is 1. The SMILES string of the molecule is O=C(Nc1cccc(Br)c1)c1nc(N2CCOCC2)c2oc3ccccc3c2n1. The maximum Gasteiger partial charge on any atom is 0.293 e. The average molecular weight is 453 g/mol. The van der Waals surface area contributed by atoms with Gasteiger partial charge in [-0.25, -0.2) is 9.97 Å². The normalized spacial score (nSPS) is 14.4. The van der Waals surface area contributed by atoms with Crippen LogP contribution >= 0.6 is 15.9 Å². The molecule has 0 unspecified atom stereocenters. The molecule has 7 nitrogen and oxygen atoms in total. The van der Waals surface area contributed by atoms with Crippen molar-refractivity contribution in [2.24, 2.45) is 0 Å². The molecule has 5 rings (SSSR count). The molecule has 0 spiro atoms. The third-order valence-electron chi connectivity index (χ3n) is 4.80. The molecule has 2 aromatic heterocycles. The van der Waals surface area contributed by atoms with Crippen LogP contribution in [0.15, 0.2) is 57.4 Å². The Morgan fingerprint density at radius 1 is 1.07 bits per heavy atom. The second-order valence-corrected chi connectivity index (χ2v) is 7.63. The van der Waals surface area contributed by atoms with Crippen LogP contribution in [0, 0.1) is 0 Å². The fraction of sp³-hybridized carbons (Fsp3) is 0.190. The Hall–Kier alpha value is -2.97. The zero-order chi connectivity index (χ0) is 19.8. The van der Waals surface area contributed by atoms with E-state index in [9.17, 15) is 4.79 Å². The fourth-order valence-electron chi connectivity index (χ4n) is 3.42. The molecular formula is C21H17BrN4O3. The Morgan fingerprint density at radius 3 is 2.72 bits per heavy atom. The molecule has 0 bridgehead atoms. The van der Waals surface area contributed by atoms with Gasteiger partial charge in [-0.2, -0.15) is 0 Å². The molecule has 1 saturated heterocycles. The summed E-state index contributed by atoms with van der Waals surface area (Å²) in [5, 5.41) is 3.72. The maximum absolute atomic E-state index is 12.9. The number of hydrogen-bond donors (Lipinski definition) is 1. The molecule has 1 N–H and O–H groups in total. The van der Waals surface area contributed by atoms with Gasteiger partial charge in [-0.05, 0) is 30.3 Å². The third-order valence-corrected chi connectivity index (χ3v) is 5.29. The Bertz CT molecular complexity index is 1220. The summed E-state index contributed by atoms with van der Waals surface area (Å²) in [6.07, 6.45) is 0. The summed E-state index contributed by atoms with van der Waals surface area (Å²) >= 11 is 3.41. The molecule has 8 heteroatoms. The van der Waals surface area contributed by atoms with E-state index in [0.717, 1.165) is 15.4 Å². The summed E-state index contributed by atoms with van der Waals surface area (Å²) in [5.74, 6) is 0.351. The van der Waals surface area contributed by atoms with Gasteiger partial charge in [-0.15, -0.1) is 0 Å². The van der Waals surface area contributed by atoms with Gasteiger partial charge in [0.2, 0.25) is 5.82 Å². The molecule has 4 aromatic rings. The van der Waals surface area contributed by atoms with Gasteiger partial charge in [0.15, 0.2) is 11.4 Å². The van der Waals surface area contributed by atoms with E-state index in [1.165, 1.54) is 0 Å².